The summed E-state index contributed by atoms with van der Waals surface area (Å²) >= 11 is 0. The van der Waals surface area contributed by atoms with Crippen LogP contribution in [0.3, 0.4) is 0 Å². The van der Waals surface area contributed by atoms with Gasteiger partial charge in [-0.05, 0) is 38.6 Å². The van der Waals surface area contributed by atoms with Crippen molar-refractivity contribution in [3.63, 3.8) is 0 Å². The van der Waals surface area contributed by atoms with Crippen LogP contribution in [0.15, 0.2) is 18.2 Å². The highest BCUT2D eigenvalue weighted by atomic mass is 16.5. The highest BCUT2D eigenvalue weighted by Crippen LogP contribution is 2.19. The number of amides is 1. The molecule has 0 unspecified atom stereocenters. The predicted octanol–water partition coefficient (Wildman–Crippen LogP) is 1.62. The van der Waals surface area contributed by atoms with Crippen LogP contribution in [-0.2, 0) is 11.3 Å². The molecule has 0 saturated carbocycles. The van der Waals surface area contributed by atoms with Crippen LogP contribution in [-0.4, -0.2) is 26.6 Å². The zero-order valence-corrected chi connectivity index (χ0v) is 11.4. The molecule has 1 amide bonds. The van der Waals surface area contributed by atoms with Crippen LogP contribution in [0, 0.1) is 6.92 Å². The SMILES string of the molecule is CNCCCC(=O)NCc1ccc(C)cc1OC. The summed E-state index contributed by atoms with van der Waals surface area (Å²) in [6.45, 7) is 3.39. The lowest BCUT2D eigenvalue weighted by molar-refractivity contribution is -0.121. The van der Waals surface area contributed by atoms with Gasteiger partial charge >= 0.3 is 0 Å². The van der Waals surface area contributed by atoms with E-state index in [9.17, 15) is 4.79 Å². The summed E-state index contributed by atoms with van der Waals surface area (Å²) in [5.41, 5.74) is 2.15. The van der Waals surface area contributed by atoms with E-state index in [1.807, 2.05) is 32.2 Å². The van der Waals surface area contributed by atoms with E-state index in [0.29, 0.717) is 13.0 Å². The Kier molecular flexibility index (Phi) is 6.22. The average molecular weight is 250 g/mol. The third-order valence-corrected chi connectivity index (χ3v) is 2.75. The van der Waals surface area contributed by atoms with Crippen LogP contribution in [0.1, 0.15) is 24.0 Å². The second kappa shape index (κ2) is 7.71. The normalized spacial score (nSPS) is 10.2. The molecule has 0 aromatic heterocycles. The molecule has 0 radical (unpaired) electrons. The molecule has 18 heavy (non-hydrogen) atoms. The Morgan fingerprint density at radius 2 is 2.17 bits per heavy atom. The van der Waals surface area contributed by atoms with Gasteiger partial charge in [-0.2, -0.15) is 0 Å². The van der Waals surface area contributed by atoms with Gasteiger partial charge in [0.05, 0.1) is 7.11 Å². The van der Waals surface area contributed by atoms with Crippen molar-refractivity contribution in [3.05, 3.63) is 29.3 Å². The lowest BCUT2D eigenvalue weighted by Crippen LogP contribution is -2.23. The number of hydrogen-bond acceptors (Lipinski definition) is 3. The van der Waals surface area contributed by atoms with Crippen molar-refractivity contribution in [2.75, 3.05) is 20.7 Å². The van der Waals surface area contributed by atoms with E-state index in [-0.39, 0.29) is 5.91 Å². The first-order chi connectivity index (χ1) is 8.67. The van der Waals surface area contributed by atoms with Gasteiger partial charge in [-0.15, -0.1) is 0 Å². The molecule has 0 heterocycles. The highest BCUT2D eigenvalue weighted by molar-refractivity contribution is 5.75. The second-order valence-electron chi connectivity index (χ2n) is 4.30. The molecule has 1 aromatic carbocycles. The maximum Gasteiger partial charge on any atom is 0.220 e. The van der Waals surface area contributed by atoms with Gasteiger partial charge in [0.15, 0.2) is 0 Å². The van der Waals surface area contributed by atoms with E-state index in [4.69, 9.17) is 4.74 Å². The van der Waals surface area contributed by atoms with Crippen molar-refractivity contribution in [1.82, 2.24) is 10.6 Å². The molecule has 4 nitrogen and oxygen atoms in total. The third kappa shape index (κ3) is 4.75. The fraction of sp³-hybridized carbons (Fsp3) is 0.500. The van der Waals surface area contributed by atoms with Gasteiger partial charge in [0, 0.05) is 18.5 Å². The fourth-order valence-corrected chi connectivity index (χ4v) is 1.71. The molecule has 0 saturated heterocycles. The summed E-state index contributed by atoms with van der Waals surface area (Å²) in [6, 6.07) is 5.98. The molecular weight excluding hydrogens is 228 g/mol. The lowest BCUT2D eigenvalue weighted by atomic mass is 10.1. The second-order valence-corrected chi connectivity index (χ2v) is 4.30. The smallest absolute Gasteiger partial charge is 0.220 e. The van der Waals surface area contributed by atoms with Gasteiger partial charge in [0.1, 0.15) is 5.75 Å². The van der Waals surface area contributed by atoms with Crippen LogP contribution in [0.25, 0.3) is 0 Å². The number of benzene rings is 1. The summed E-state index contributed by atoms with van der Waals surface area (Å²) in [7, 11) is 3.53. The van der Waals surface area contributed by atoms with Crippen molar-refractivity contribution in [2.45, 2.75) is 26.3 Å². The van der Waals surface area contributed by atoms with E-state index in [1.54, 1.807) is 7.11 Å². The van der Waals surface area contributed by atoms with Crippen LogP contribution < -0.4 is 15.4 Å². The molecule has 1 rings (SSSR count). The van der Waals surface area contributed by atoms with Gasteiger partial charge in [-0.1, -0.05) is 12.1 Å². The molecule has 0 aliphatic heterocycles. The molecule has 0 aliphatic rings. The van der Waals surface area contributed by atoms with Crippen LogP contribution in [0.4, 0.5) is 0 Å². The first kappa shape index (κ1) is 14.5. The summed E-state index contributed by atoms with van der Waals surface area (Å²) in [4.78, 5) is 11.6. The Balaban J connectivity index is 2.45. The van der Waals surface area contributed by atoms with Gasteiger partial charge in [-0.25, -0.2) is 0 Å². The minimum Gasteiger partial charge on any atom is -0.496 e. The molecule has 2 N–H and O–H groups in total. The van der Waals surface area contributed by atoms with Gasteiger partial charge < -0.3 is 15.4 Å². The third-order valence-electron chi connectivity index (χ3n) is 2.75. The first-order valence-corrected chi connectivity index (χ1v) is 6.22. The van der Waals surface area contributed by atoms with Crippen molar-refractivity contribution in [3.8, 4) is 5.75 Å². The average Bonchev–Trinajstić information content (AvgIpc) is 2.37. The predicted molar refractivity (Wildman–Crippen MR) is 72.7 cm³/mol. The molecule has 0 bridgehead atoms. The van der Waals surface area contributed by atoms with E-state index in [1.165, 1.54) is 0 Å². The van der Waals surface area contributed by atoms with Crippen LogP contribution in [0.5, 0.6) is 5.75 Å². The molecule has 4 heteroatoms. The number of hydrogen-bond donors (Lipinski definition) is 2. The molecule has 0 atom stereocenters. The Bertz CT molecular complexity index is 391. The number of rotatable bonds is 7. The van der Waals surface area contributed by atoms with E-state index < -0.39 is 0 Å². The van der Waals surface area contributed by atoms with Crippen molar-refractivity contribution in [2.24, 2.45) is 0 Å². The summed E-state index contributed by atoms with van der Waals surface area (Å²) in [5, 5.41) is 5.93. The van der Waals surface area contributed by atoms with Crippen LogP contribution >= 0.6 is 0 Å². The quantitative estimate of drug-likeness (QED) is 0.723. The summed E-state index contributed by atoms with van der Waals surface area (Å²) < 4.78 is 5.30. The standard InChI is InChI=1S/C14H22N2O2/c1-11-6-7-12(13(9-11)18-3)10-16-14(17)5-4-8-15-2/h6-7,9,15H,4-5,8,10H2,1-3H3,(H,16,17). The molecule has 100 valence electrons. The molecular formula is C14H22N2O2. The molecule has 0 aliphatic carbocycles. The minimum atomic E-state index is 0.0767. The zero-order valence-electron chi connectivity index (χ0n) is 11.4. The number of nitrogens with one attached hydrogen (secondary N) is 2. The Hall–Kier alpha value is -1.55. The zero-order chi connectivity index (χ0) is 13.4. The monoisotopic (exact) mass is 250 g/mol. The Morgan fingerprint density at radius 1 is 1.39 bits per heavy atom. The maximum atomic E-state index is 11.6. The highest BCUT2D eigenvalue weighted by Gasteiger charge is 2.05. The van der Waals surface area contributed by atoms with Gasteiger partial charge in [-0.3, -0.25) is 4.79 Å². The lowest BCUT2D eigenvalue weighted by Gasteiger charge is -2.10. The number of ether oxygens (including phenoxy) is 1. The summed E-state index contributed by atoms with van der Waals surface area (Å²) in [6.07, 6.45) is 1.41. The van der Waals surface area contributed by atoms with E-state index in [2.05, 4.69) is 10.6 Å². The van der Waals surface area contributed by atoms with Crippen molar-refractivity contribution < 1.29 is 9.53 Å². The van der Waals surface area contributed by atoms with Crippen molar-refractivity contribution in [1.29, 1.82) is 0 Å². The fourth-order valence-electron chi connectivity index (χ4n) is 1.71. The van der Waals surface area contributed by atoms with Gasteiger partial charge in [0.2, 0.25) is 5.91 Å². The number of methoxy groups -OCH3 is 1. The number of aryl methyl sites for hydroxylation is 1. The van der Waals surface area contributed by atoms with E-state index >= 15 is 0 Å². The molecule has 0 spiro atoms. The molecule has 0 fully saturated rings. The van der Waals surface area contributed by atoms with E-state index in [0.717, 1.165) is 29.8 Å². The first-order valence-electron chi connectivity index (χ1n) is 6.22. The minimum absolute atomic E-state index is 0.0767. The topological polar surface area (TPSA) is 50.4 Å². The number of carbonyl (C=O) groups is 1. The van der Waals surface area contributed by atoms with Gasteiger partial charge in [0.25, 0.3) is 0 Å². The number of carbonyl (C=O) groups excluding carboxylic acids is 1. The summed E-state index contributed by atoms with van der Waals surface area (Å²) in [5.74, 6) is 0.901. The Labute approximate surface area is 109 Å². The largest absolute Gasteiger partial charge is 0.496 e. The maximum absolute atomic E-state index is 11.6. The van der Waals surface area contributed by atoms with Crippen LogP contribution in [0.2, 0.25) is 0 Å². The Morgan fingerprint density at radius 3 is 2.83 bits per heavy atom. The van der Waals surface area contributed by atoms with Crippen molar-refractivity contribution >= 4 is 5.91 Å². The molecule has 1 aromatic rings.